The van der Waals surface area contributed by atoms with Crippen LogP contribution in [0.1, 0.15) is 21.7 Å². The summed E-state index contributed by atoms with van der Waals surface area (Å²) in [5, 5.41) is 0.659. The molecule has 138 valence electrons. The molecule has 2 aromatic carbocycles. The number of aromatic nitrogens is 2. The lowest BCUT2D eigenvalue weighted by molar-refractivity contribution is 0.0983. The Hall–Kier alpha value is -3.03. The van der Waals surface area contributed by atoms with Gasteiger partial charge in [0, 0.05) is 5.56 Å². The van der Waals surface area contributed by atoms with Crippen molar-refractivity contribution in [1.82, 2.24) is 9.97 Å². The van der Waals surface area contributed by atoms with E-state index in [0.29, 0.717) is 23.0 Å². The highest BCUT2D eigenvalue weighted by molar-refractivity contribution is 7.22. The molecule has 28 heavy (non-hydrogen) atoms. The van der Waals surface area contributed by atoms with E-state index in [1.54, 1.807) is 16.7 Å². The van der Waals surface area contributed by atoms with Crippen LogP contribution >= 0.6 is 22.7 Å². The van der Waals surface area contributed by atoms with Crippen molar-refractivity contribution in [3.05, 3.63) is 77.2 Å². The van der Waals surface area contributed by atoms with E-state index in [2.05, 4.69) is 18.0 Å². The molecule has 0 N–H and O–H groups in total. The molecule has 0 aliphatic rings. The van der Waals surface area contributed by atoms with E-state index in [1.807, 2.05) is 42.5 Å². The van der Waals surface area contributed by atoms with Crippen molar-refractivity contribution in [2.75, 3.05) is 4.90 Å². The summed E-state index contributed by atoms with van der Waals surface area (Å²) in [6.45, 7) is 2.38. The fourth-order valence-corrected chi connectivity index (χ4v) is 4.84. The molecule has 0 fully saturated rings. The third-order valence-electron chi connectivity index (χ3n) is 4.48. The lowest BCUT2D eigenvalue weighted by atomic mass is 10.2. The van der Waals surface area contributed by atoms with Gasteiger partial charge in [-0.25, -0.2) is 9.97 Å². The van der Waals surface area contributed by atoms with Gasteiger partial charge < -0.3 is 4.42 Å². The van der Waals surface area contributed by atoms with Gasteiger partial charge >= 0.3 is 0 Å². The number of fused-ring (bicyclic) bond motifs is 2. The minimum Gasteiger partial charge on any atom is -0.467 e. The largest absolute Gasteiger partial charge is 0.467 e. The summed E-state index contributed by atoms with van der Waals surface area (Å²) in [4.78, 5) is 24.1. The van der Waals surface area contributed by atoms with Crippen molar-refractivity contribution in [2.45, 2.75) is 13.5 Å². The molecule has 0 aliphatic carbocycles. The molecule has 0 saturated heterocycles. The molecule has 0 radical (unpaired) electrons. The Labute approximate surface area is 168 Å². The van der Waals surface area contributed by atoms with Gasteiger partial charge in [0.25, 0.3) is 5.91 Å². The highest BCUT2D eigenvalue weighted by Crippen LogP contribution is 2.32. The molecule has 5 aromatic rings. The van der Waals surface area contributed by atoms with E-state index in [1.165, 1.54) is 28.2 Å². The van der Waals surface area contributed by atoms with Crippen molar-refractivity contribution in [3.8, 4) is 0 Å². The molecule has 0 unspecified atom stereocenters. The molecular weight excluding hydrogens is 390 g/mol. The van der Waals surface area contributed by atoms with E-state index in [9.17, 15) is 4.79 Å². The van der Waals surface area contributed by atoms with Gasteiger partial charge in [0.15, 0.2) is 5.13 Å². The number of carbonyl (C=O) groups excluding carboxylic acids is 1. The molecule has 7 heteroatoms. The number of hydrogen-bond acceptors (Lipinski definition) is 6. The maximum Gasteiger partial charge on any atom is 0.260 e. The lowest BCUT2D eigenvalue weighted by Gasteiger charge is -2.18. The number of nitrogens with zero attached hydrogens (tertiary/aromatic N) is 3. The number of rotatable bonds is 4. The zero-order valence-electron chi connectivity index (χ0n) is 15.0. The Bertz CT molecular complexity index is 1290. The minimum atomic E-state index is -0.109. The number of thiazole rings is 2. The number of carbonyl (C=O) groups is 1. The second-order valence-corrected chi connectivity index (χ2v) is 8.37. The molecule has 5 nitrogen and oxygen atoms in total. The normalized spacial score (nSPS) is 11.3. The summed E-state index contributed by atoms with van der Waals surface area (Å²) >= 11 is 3.04. The first-order valence-corrected chi connectivity index (χ1v) is 10.4. The Morgan fingerprint density at radius 2 is 2.00 bits per heavy atom. The number of amides is 1. The summed E-state index contributed by atoms with van der Waals surface area (Å²) in [6.07, 6.45) is 1.61. The number of furan rings is 1. The van der Waals surface area contributed by atoms with Crippen LogP contribution in [0, 0.1) is 6.92 Å². The SMILES string of the molecule is Cc1ccc2nc(N(Cc3ccco3)C(=O)c3ccc4ncsc4c3)sc2c1. The van der Waals surface area contributed by atoms with E-state index in [4.69, 9.17) is 9.40 Å². The van der Waals surface area contributed by atoms with Gasteiger partial charge in [-0.1, -0.05) is 17.4 Å². The van der Waals surface area contributed by atoms with Crippen molar-refractivity contribution >= 4 is 54.1 Å². The molecule has 1 amide bonds. The lowest BCUT2D eigenvalue weighted by Crippen LogP contribution is -2.30. The second-order valence-electron chi connectivity index (χ2n) is 6.47. The highest BCUT2D eigenvalue weighted by Gasteiger charge is 2.23. The molecule has 0 spiro atoms. The zero-order valence-corrected chi connectivity index (χ0v) is 16.6. The average molecular weight is 406 g/mol. The van der Waals surface area contributed by atoms with Gasteiger partial charge in [0.05, 0.1) is 38.8 Å². The van der Waals surface area contributed by atoms with Crippen LogP contribution in [0.2, 0.25) is 0 Å². The number of anilines is 1. The van der Waals surface area contributed by atoms with Gasteiger partial charge in [-0.2, -0.15) is 0 Å². The van der Waals surface area contributed by atoms with E-state index in [-0.39, 0.29) is 5.91 Å². The summed E-state index contributed by atoms with van der Waals surface area (Å²) in [6, 6.07) is 15.4. The van der Waals surface area contributed by atoms with Crippen molar-refractivity contribution in [3.63, 3.8) is 0 Å². The van der Waals surface area contributed by atoms with Crippen LogP contribution in [0.25, 0.3) is 20.4 Å². The van der Waals surface area contributed by atoms with Gasteiger partial charge in [-0.3, -0.25) is 9.69 Å². The van der Waals surface area contributed by atoms with Crippen LogP contribution in [0.5, 0.6) is 0 Å². The van der Waals surface area contributed by atoms with Crippen molar-refractivity contribution in [2.24, 2.45) is 0 Å². The maximum absolute atomic E-state index is 13.4. The van der Waals surface area contributed by atoms with Gasteiger partial charge in [0.1, 0.15) is 5.76 Å². The van der Waals surface area contributed by atoms with Crippen molar-refractivity contribution in [1.29, 1.82) is 0 Å². The Balaban J connectivity index is 1.58. The first kappa shape index (κ1) is 17.1. The first-order valence-electron chi connectivity index (χ1n) is 8.72. The number of benzene rings is 2. The number of aryl methyl sites for hydroxylation is 1. The van der Waals surface area contributed by atoms with Crippen LogP contribution in [0.4, 0.5) is 5.13 Å². The molecule has 0 atom stereocenters. The minimum absolute atomic E-state index is 0.109. The molecule has 5 rings (SSSR count). The van der Waals surface area contributed by atoms with Gasteiger partial charge in [0.2, 0.25) is 0 Å². The second kappa shape index (κ2) is 6.85. The molecular formula is C21H15N3O2S2. The maximum atomic E-state index is 13.4. The average Bonchev–Trinajstić information content (AvgIpc) is 3.44. The van der Waals surface area contributed by atoms with E-state index < -0.39 is 0 Å². The van der Waals surface area contributed by atoms with Gasteiger partial charge in [-0.15, -0.1) is 11.3 Å². The van der Waals surface area contributed by atoms with E-state index >= 15 is 0 Å². The predicted octanol–water partition coefficient (Wildman–Crippen LogP) is 5.65. The predicted molar refractivity (Wildman–Crippen MR) is 113 cm³/mol. The summed E-state index contributed by atoms with van der Waals surface area (Å²) in [5.41, 5.74) is 5.35. The quantitative estimate of drug-likeness (QED) is 0.387. The summed E-state index contributed by atoms with van der Waals surface area (Å²) in [5.74, 6) is 0.602. The number of hydrogen-bond donors (Lipinski definition) is 0. The molecule has 0 saturated carbocycles. The third-order valence-corrected chi connectivity index (χ3v) is 6.31. The third kappa shape index (κ3) is 3.08. The van der Waals surface area contributed by atoms with E-state index in [0.717, 1.165) is 20.4 Å². The van der Waals surface area contributed by atoms with Gasteiger partial charge in [-0.05, 0) is 55.0 Å². The van der Waals surface area contributed by atoms with Crippen LogP contribution in [-0.4, -0.2) is 15.9 Å². The fourth-order valence-electron chi connectivity index (χ4n) is 3.06. The first-order chi connectivity index (χ1) is 13.7. The fraction of sp³-hybridized carbons (Fsp3) is 0.0952. The Kier molecular flexibility index (Phi) is 4.18. The van der Waals surface area contributed by atoms with Crippen LogP contribution in [0.15, 0.2) is 64.7 Å². The Morgan fingerprint density at radius 1 is 1.11 bits per heavy atom. The molecule has 0 bridgehead atoms. The van der Waals surface area contributed by atoms with Crippen LogP contribution < -0.4 is 4.90 Å². The summed E-state index contributed by atoms with van der Waals surface area (Å²) < 4.78 is 7.55. The monoisotopic (exact) mass is 405 g/mol. The molecule has 0 aliphatic heterocycles. The molecule has 3 aromatic heterocycles. The summed E-state index contributed by atoms with van der Waals surface area (Å²) in [7, 11) is 0. The van der Waals surface area contributed by atoms with Crippen molar-refractivity contribution < 1.29 is 9.21 Å². The smallest absolute Gasteiger partial charge is 0.260 e. The highest BCUT2D eigenvalue weighted by atomic mass is 32.1. The van der Waals surface area contributed by atoms with Crippen LogP contribution in [-0.2, 0) is 6.54 Å². The topological polar surface area (TPSA) is 59.2 Å². The molecule has 3 heterocycles. The Morgan fingerprint density at radius 3 is 2.86 bits per heavy atom. The van der Waals surface area contributed by atoms with Crippen LogP contribution in [0.3, 0.4) is 0 Å². The standard InChI is InChI=1S/C21H15N3O2S2/c1-13-4-6-17-19(9-13)28-21(23-17)24(11-15-3-2-8-26-15)20(25)14-5-7-16-18(10-14)27-12-22-16/h2-10,12H,11H2,1H3. The zero-order chi connectivity index (χ0) is 19.1.